The van der Waals surface area contributed by atoms with Crippen molar-refractivity contribution in [2.24, 2.45) is 4.99 Å². The molecule has 2 N–H and O–H groups in total. The maximum Gasteiger partial charge on any atom is 0.268 e. The SMILES string of the molecule is O=C(NC(=Nc1ccccc1)Nc1ccccc1)c1cccs1. The van der Waals surface area contributed by atoms with Gasteiger partial charge in [0.1, 0.15) is 0 Å². The number of carbonyl (C=O) groups is 1. The molecule has 0 saturated heterocycles. The fourth-order valence-corrected chi connectivity index (χ4v) is 2.57. The minimum absolute atomic E-state index is 0.182. The number of para-hydroxylation sites is 2. The molecule has 0 atom stereocenters. The van der Waals surface area contributed by atoms with Crippen molar-refractivity contribution < 1.29 is 4.79 Å². The minimum atomic E-state index is -0.182. The van der Waals surface area contributed by atoms with Gasteiger partial charge in [0.25, 0.3) is 5.91 Å². The van der Waals surface area contributed by atoms with E-state index in [1.807, 2.05) is 72.1 Å². The van der Waals surface area contributed by atoms with E-state index in [1.54, 1.807) is 6.07 Å². The molecule has 1 aromatic heterocycles. The maximum absolute atomic E-state index is 12.3. The molecule has 3 rings (SSSR count). The third-order valence-corrected chi connectivity index (χ3v) is 3.88. The lowest BCUT2D eigenvalue weighted by molar-refractivity contribution is 0.0981. The van der Waals surface area contributed by atoms with E-state index in [2.05, 4.69) is 15.6 Å². The van der Waals surface area contributed by atoms with Gasteiger partial charge in [-0.1, -0.05) is 42.5 Å². The summed E-state index contributed by atoms with van der Waals surface area (Å²) < 4.78 is 0. The molecule has 0 spiro atoms. The largest absolute Gasteiger partial charge is 0.326 e. The summed E-state index contributed by atoms with van der Waals surface area (Å²) in [6.45, 7) is 0. The van der Waals surface area contributed by atoms with Gasteiger partial charge in [0, 0.05) is 5.69 Å². The van der Waals surface area contributed by atoms with Crippen LogP contribution in [0.15, 0.2) is 83.2 Å². The summed E-state index contributed by atoms with van der Waals surface area (Å²) in [5.41, 5.74) is 1.62. The van der Waals surface area contributed by atoms with Crippen molar-refractivity contribution in [1.29, 1.82) is 0 Å². The number of rotatable bonds is 3. The van der Waals surface area contributed by atoms with Crippen LogP contribution in [0, 0.1) is 0 Å². The molecule has 0 unspecified atom stereocenters. The van der Waals surface area contributed by atoms with E-state index < -0.39 is 0 Å². The van der Waals surface area contributed by atoms with Crippen LogP contribution in [0.3, 0.4) is 0 Å². The second-order valence-corrected chi connectivity index (χ2v) is 5.67. The number of anilines is 1. The molecule has 4 nitrogen and oxygen atoms in total. The number of nitrogens with one attached hydrogen (secondary N) is 2. The number of amides is 1. The molecule has 0 aliphatic carbocycles. The van der Waals surface area contributed by atoms with Gasteiger partial charge >= 0.3 is 0 Å². The zero-order valence-electron chi connectivity index (χ0n) is 12.3. The van der Waals surface area contributed by atoms with Gasteiger partial charge < -0.3 is 5.32 Å². The molecule has 1 amide bonds. The standard InChI is InChI=1S/C18H15N3OS/c22-17(16-12-7-13-23-16)21-18(19-14-8-3-1-4-9-14)20-15-10-5-2-6-11-15/h1-13H,(H2,19,20,21,22). The third kappa shape index (κ3) is 4.28. The van der Waals surface area contributed by atoms with E-state index in [4.69, 9.17) is 0 Å². The van der Waals surface area contributed by atoms with Crippen LogP contribution in [-0.4, -0.2) is 11.9 Å². The Morgan fingerprint density at radius 3 is 2.22 bits per heavy atom. The lowest BCUT2D eigenvalue weighted by Crippen LogP contribution is -2.35. The number of guanidine groups is 1. The smallest absolute Gasteiger partial charge is 0.268 e. The average molecular weight is 321 g/mol. The van der Waals surface area contributed by atoms with E-state index in [0.717, 1.165) is 11.4 Å². The number of hydrogen-bond acceptors (Lipinski definition) is 3. The Morgan fingerprint density at radius 1 is 0.870 bits per heavy atom. The van der Waals surface area contributed by atoms with Crippen LogP contribution in [-0.2, 0) is 0 Å². The van der Waals surface area contributed by atoms with Gasteiger partial charge in [0.15, 0.2) is 0 Å². The molecule has 5 heteroatoms. The molecule has 0 saturated carbocycles. The van der Waals surface area contributed by atoms with Crippen molar-refractivity contribution in [3.05, 3.63) is 83.1 Å². The van der Waals surface area contributed by atoms with Gasteiger partial charge in [-0.25, -0.2) is 4.99 Å². The predicted octanol–water partition coefficient (Wildman–Crippen LogP) is 4.28. The lowest BCUT2D eigenvalue weighted by Gasteiger charge is -2.11. The fraction of sp³-hybridized carbons (Fsp3) is 0. The van der Waals surface area contributed by atoms with Crippen molar-refractivity contribution in [3.63, 3.8) is 0 Å². The van der Waals surface area contributed by atoms with Crippen LogP contribution in [0.5, 0.6) is 0 Å². The summed E-state index contributed by atoms with van der Waals surface area (Å²) >= 11 is 1.39. The quantitative estimate of drug-likeness (QED) is 0.559. The highest BCUT2D eigenvalue weighted by Crippen LogP contribution is 2.13. The Labute approximate surface area is 138 Å². The van der Waals surface area contributed by atoms with Crippen molar-refractivity contribution in [3.8, 4) is 0 Å². The van der Waals surface area contributed by atoms with Crippen molar-refractivity contribution in [2.75, 3.05) is 5.32 Å². The molecule has 0 aliphatic rings. The van der Waals surface area contributed by atoms with Crippen molar-refractivity contribution >= 4 is 34.6 Å². The minimum Gasteiger partial charge on any atom is -0.326 e. The number of aliphatic imine (C=N–C) groups is 1. The van der Waals surface area contributed by atoms with Crippen LogP contribution in [0.4, 0.5) is 11.4 Å². The Bertz CT molecular complexity index is 784. The molecular formula is C18H15N3OS. The van der Waals surface area contributed by atoms with Gasteiger partial charge in [-0.3, -0.25) is 10.1 Å². The summed E-state index contributed by atoms with van der Waals surface area (Å²) in [6.07, 6.45) is 0. The van der Waals surface area contributed by atoms with Crippen LogP contribution in [0.1, 0.15) is 9.67 Å². The van der Waals surface area contributed by atoms with Crippen molar-refractivity contribution in [1.82, 2.24) is 5.32 Å². The third-order valence-electron chi connectivity index (χ3n) is 3.01. The first-order valence-electron chi connectivity index (χ1n) is 7.12. The Hall–Kier alpha value is -2.92. The van der Waals surface area contributed by atoms with E-state index in [1.165, 1.54) is 11.3 Å². The van der Waals surface area contributed by atoms with Crippen LogP contribution < -0.4 is 10.6 Å². The summed E-state index contributed by atoms with van der Waals surface area (Å²) in [7, 11) is 0. The lowest BCUT2D eigenvalue weighted by atomic mass is 10.3. The molecule has 0 bridgehead atoms. The predicted molar refractivity (Wildman–Crippen MR) is 95.4 cm³/mol. The van der Waals surface area contributed by atoms with Gasteiger partial charge in [-0.15, -0.1) is 11.3 Å². The summed E-state index contributed by atoms with van der Waals surface area (Å²) in [6, 6.07) is 22.7. The summed E-state index contributed by atoms with van der Waals surface area (Å²) in [5, 5.41) is 7.84. The first-order valence-corrected chi connectivity index (χ1v) is 8.00. The zero-order valence-corrected chi connectivity index (χ0v) is 13.1. The summed E-state index contributed by atoms with van der Waals surface area (Å²) in [5.74, 6) is 0.207. The number of carbonyl (C=O) groups excluding carboxylic acids is 1. The fourth-order valence-electron chi connectivity index (χ4n) is 1.95. The first-order chi connectivity index (χ1) is 11.3. The monoisotopic (exact) mass is 321 g/mol. The Balaban J connectivity index is 1.84. The number of benzene rings is 2. The van der Waals surface area contributed by atoms with Gasteiger partial charge in [-0.05, 0) is 35.7 Å². The van der Waals surface area contributed by atoms with Gasteiger partial charge in [0.05, 0.1) is 10.6 Å². The highest BCUT2D eigenvalue weighted by Gasteiger charge is 2.10. The second-order valence-electron chi connectivity index (χ2n) is 4.72. The van der Waals surface area contributed by atoms with Gasteiger partial charge in [-0.2, -0.15) is 0 Å². The Morgan fingerprint density at radius 2 is 1.57 bits per heavy atom. The number of hydrogen-bond donors (Lipinski definition) is 2. The zero-order chi connectivity index (χ0) is 15.9. The molecule has 23 heavy (non-hydrogen) atoms. The molecule has 2 aromatic carbocycles. The number of thiophene rings is 1. The van der Waals surface area contributed by atoms with E-state index in [-0.39, 0.29) is 5.91 Å². The normalized spacial score (nSPS) is 11.0. The van der Waals surface area contributed by atoms with Crippen LogP contribution in [0.2, 0.25) is 0 Å². The summed E-state index contributed by atoms with van der Waals surface area (Å²) in [4.78, 5) is 17.4. The molecule has 0 fully saturated rings. The maximum atomic E-state index is 12.3. The molecule has 1 heterocycles. The van der Waals surface area contributed by atoms with E-state index in [0.29, 0.717) is 10.8 Å². The molecule has 0 radical (unpaired) electrons. The van der Waals surface area contributed by atoms with E-state index >= 15 is 0 Å². The van der Waals surface area contributed by atoms with Crippen LogP contribution in [0.25, 0.3) is 0 Å². The average Bonchev–Trinajstić information content (AvgIpc) is 3.11. The van der Waals surface area contributed by atoms with Gasteiger partial charge in [0.2, 0.25) is 5.96 Å². The van der Waals surface area contributed by atoms with E-state index in [9.17, 15) is 4.79 Å². The Kier molecular flexibility index (Phi) is 4.81. The highest BCUT2D eigenvalue weighted by atomic mass is 32.1. The first kappa shape index (κ1) is 15.0. The topological polar surface area (TPSA) is 53.5 Å². The second kappa shape index (κ2) is 7.38. The molecule has 114 valence electrons. The molecular weight excluding hydrogens is 306 g/mol. The molecule has 0 aliphatic heterocycles. The molecule has 3 aromatic rings. The highest BCUT2D eigenvalue weighted by molar-refractivity contribution is 7.12. The number of nitrogens with zero attached hydrogens (tertiary/aromatic N) is 1. The van der Waals surface area contributed by atoms with Crippen molar-refractivity contribution in [2.45, 2.75) is 0 Å². The van der Waals surface area contributed by atoms with Crippen LogP contribution >= 0.6 is 11.3 Å².